The standard InChI is InChI=1S/C22H24N2S/c1-25-21-10-8-18(9-11-21)22(24-14-12-23-13-15-24)20-7-6-17-4-2-3-5-19(17)16-20/h2-11,16,22-23H,12-15H2,1H3. The van der Waals surface area contributed by atoms with Crippen LogP contribution >= 0.6 is 11.8 Å². The molecule has 0 amide bonds. The summed E-state index contributed by atoms with van der Waals surface area (Å²) in [6.07, 6.45) is 2.13. The minimum absolute atomic E-state index is 0.322. The van der Waals surface area contributed by atoms with Crippen molar-refractivity contribution in [3.63, 3.8) is 0 Å². The SMILES string of the molecule is CSc1ccc(C(c2ccc3ccccc3c2)N2CCNCC2)cc1. The minimum atomic E-state index is 0.322. The molecule has 128 valence electrons. The van der Waals surface area contributed by atoms with Crippen LogP contribution in [0.25, 0.3) is 10.8 Å². The molecule has 0 radical (unpaired) electrons. The van der Waals surface area contributed by atoms with Crippen LogP contribution < -0.4 is 5.32 Å². The molecular weight excluding hydrogens is 324 g/mol. The molecule has 0 bridgehead atoms. The van der Waals surface area contributed by atoms with Crippen LogP contribution in [0.1, 0.15) is 17.2 Å². The van der Waals surface area contributed by atoms with Crippen LogP contribution in [0, 0.1) is 0 Å². The molecule has 0 aliphatic carbocycles. The summed E-state index contributed by atoms with van der Waals surface area (Å²) in [6, 6.07) is 25.0. The second-order valence-electron chi connectivity index (χ2n) is 6.57. The Bertz CT molecular complexity index is 838. The first-order valence-electron chi connectivity index (χ1n) is 8.92. The van der Waals surface area contributed by atoms with E-state index in [-0.39, 0.29) is 0 Å². The fourth-order valence-corrected chi connectivity index (χ4v) is 4.13. The lowest BCUT2D eigenvalue weighted by atomic mass is 9.94. The molecular formula is C22H24N2S. The van der Waals surface area contributed by atoms with Gasteiger partial charge in [0.2, 0.25) is 0 Å². The van der Waals surface area contributed by atoms with Crippen LogP contribution in [0.3, 0.4) is 0 Å². The third-order valence-corrected chi connectivity index (χ3v) is 5.78. The van der Waals surface area contributed by atoms with Gasteiger partial charge in [-0.2, -0.15) is 0 Å². The van der Waals surface area contributed by atoms with E-state index in [1.54, 1.807) is 11.8 Å². The van der Waals surface area contributed by atoms with Crippen molar-refractivity contribution in [3.8, 4) is 0 Å². The molecule has 0 saturated carbocycles. The highest BCUT2D eigenvalue weighted by atomic mass is 32.2. The first kappa shape index (κ1) is 16.6. The first-order valence-corrected chi connectivity index (χ1v) is 10.1. The van der Waals surface area contributed by atoms with Gasteiger partial charge in [-0.05, 0) is 46.4 Å². The van der Waals surface area contributed by atoms with Crippen LogP contribution in [-0.2, 0) is 0 Å². The van der Waals surface area contributed by atoms with Crippen molar-refractivity contribution in [1.29, 1.82) is 0 Å². The second kappa shape index (κ2) is 7.61. The van der Waals surface area contributed by atoms with E-state index in [2.05, 4.69) is 83.2 Å². The molecule has 4 rings (SSSR count). The predicted molar refractivity (Wildman–Crippen MR) is 108 cm³/mol. The monoisotopic (exact) mass is 348 g/mol. The summed E-state index contributed by atoms with van der Waals surface area (Å²) in [7, 11) is 0. The van der Waals surface area contributed by atoms with Crippen molar-refractivity contribution in [2.45, 2.75) is 10.9 Å². The third-order valence-electron chi connectivity index (χ3n) is 5.04. The molecule has 3 aromatic rings. The predicted octanol–water partition coefficient (Wildman–Crippen LogP) is 4.56. The van der Waals surface area contributed by atoms with Crippen LogP contribution in [-0.4, -0.2) is 37.3 Å². The summed E-state index contributed by atoms with van der Waals surface area (Å²) in [5, 5.41) is 6.10. The van der Waals surface area contributed by atoms with Crippen molar-refractivity contribution in [1.82, 2.24) is 10.2 Å². The van der Waals surface area contributed by atoms with E-state index < -0.39 is 0 Å². The first-order chi connectivity index (χ1) is 12.3. The van der Waals surface area contributed by atoms with Crippen LogP contribution in [0.4, 0.5) is 0 Å². The molecule has 1 fully saturated rings. The number of thioether (sulfide) groups is 1. The van der Waals surface area contributed by atoms with Gasteiger partial charge in [-0.1, -0.05) is 48.5 Å². The van der Waals surface area contributed by atoms with E-state index in [0.717, 1.165) is 26.2 Å². The highest BCUT2D eigenvalue weighted by Crippen LogP contribution is 2.32. The fourth-order valence-electron chi connectivity index (χ4n) is 3.72. The third kappa shape index (κ3) is 3.59. The second-order valence-corrected chi connectivity index (χ2v) is 7.45. The van der Waals surface area contributed by atoms with E-state index in [1.807, 2.05) is 0 Å². The van der Waals surface area contributed by atoms with Gasteiger partial charge in [0, 0.05) is 31.1 Å². The van der Waals surface area contributed by atoms with Gasteiger partial charge in [0.25, 0.3) is 0 Å². The molecule has 1 aliphatic rings. The summed E-state index contributed by atoms with van der Waals surface area (Å²) in [4.78, 5) is 3.93. The number of fused-ring (bicyclic) bond motifs is 1. The average molecular weight is 349 g/mol. The fraction of sp³-hybridized carbons (Fsp3) is 0.273. The molecule has 25 heavy (non-hydrogen) atoms. The van der Waals surface area contributed by atoms with Gasteiger partial charge in [0.15, 0.2) is 0 Å². The summed E-state index contributed by atoms with van der Waals surface area (Å²) in [6.45, 7) is 4.30. The maximum atomic E-state index is 3.48. The quantitative estimate of drug-likeness (QED) is 0.696. The van der Waals surface area contributed by atoms with Crippen molar-refractivity contribution in [2.24, 2.45) is 0 Å². The normalized spacial score (nSPS) is 16.8. The molecule has 1 saturated heterocycles. The molecule has 1 aliphatic heterocycles. The average Bonchev–Trinajstić information content (AvgIpc) is 2.69. The molecule has 1 atom stereocenters. The van der Waals surface area contributed by atoms with E-state index in [9.17, 15) is 0 Å². The van der Waals surface area contributed by atoms with Gasteiger partial charge >= 0.3 is 0 Å². The van der Waals surface area contributed by atoms with Crippen molar-refractivity contribution >= 4 is 22.5 Å². The lowest BCUT2D eigenvalue weighted by Gasteiger charge is -2.35. The van der Waals surface area contributed by atoms with Crippen molar-refractivity contribution in [2.75, 3.05) is 32.4 Å². The Balaban J connectivity index is 1.77. The smallest absolute Gasteiger partial charge is 0.0602 e. The number of rotatable bonds is 4. The van der Waals surface area contributed by atoms with E-state index >= 15 is 0 Å². The molecule has 1 heterocycles. The maximum Gasteiger partial charge on any atom is 0.0602 e. The van der Waals surface area contributed by atoms with Crippen LogP contribution in [0.15, 0.2) is 71.6 Å². The Morgan fingerprint density at radius 2 is 1.52 bits per heavy atom. The lowest BCUT2D eigenvalue weighted by Crippen LogP contribution is -2.45. The Kier molecular flexibility index (Phi) is 5.07. The summed E-state index contributed by atoms with van der Waals surface area (Å²) >= 11 is 1.80. The van der Waals surface area contributed by atoms with E-state index in [4.69, 9.17) is 0 Å². The molecule has 2 nitrogen and oxygen atoms in total. The largest absolute Gasteiger partial charge is 0.314 e. The summed E-state index contributed by atoms with van der Waals surface area (Å²) in [5.41, 5.74) is 2.77. The number of nitrogens with one attached hydrogen (secondary N) is 1. The van der Waals surface area contributed by atoms with Gasteiger partial charge in [-0.15, -0.1) is 11.8 Å². The number of hydrogen-bond donors (Lipinski definition) is 1. The Morgan fingerprint density at radius 3 is 2.24 bits per heavy atom. The number of nitrogens with zero attached hydrogens (tertiary/aromatic N) is 1. The zero-order valence-electron chi connectivity index (χ0n) is 14.6. The number of benzene rings is 3. The van der Waals surface area contributed by atoms with Gasteiger partial charge in [-0.25, -0.2) is 0 Å². The van der Waals surface area contributed by atoms with E-state index in [1.165, 1.54) is 26.8 Å². The molecule has 0 aromatic heterocycles. The maximum absolute atomic E-state index is 3.48. The molecule has 1 N–H and O–H groups in total. The highest BCUT2D eigenvalue weighted by Gasteiger charge is 2.24. The zero-order chi connectivity index (χ0) is 17.1. The highest BCUT2D eigenvalue weighted by molar-refractivity contribution is 7.98. The Labute approximate surface area is 154 Å². The lowest BCUT2D eigenvalue weighted by molar-refractivity contribution is 0.198. The summed E-state index contributed by atoms with van der Waals surface area (Å²) in [5.74, 6) is 0. The molecule has 3 heteroatoms. The Hall–Kier alpha value is -1.81. The number of hydrogen-bond acceptors (Lipinski definition) is 3. The molecule has 1 unspecified atom stereocenters. The van der Waals surface area contributed by atoms with Crippen LogP contribution in [0.5, 0.6) is 0 Å². The van der Waals surface area contributed by atoms with Crippen LogP contribution in [0.2, 0.25) is 0 Å². The topological polar surface area (TPSA) is 15.3 Å². The van der Waals surface area contributed by atoms with Gasteiger partial charge in [-0.3, -0.25) is 4.90 Å². The molecule has 3 aromatic carbocycles. The van der Waals surface area contributed by atoms with Gasteiger partial charge in [0.05, 0.1) is 6.04 Å². The minimum Gasteiger partial charge on any atom is -0.314 e. The van der Waals surface area contributed by atoms with Crippen molar-refractivity contribution in [3.05, 3.63) is 77.9 Å². The molecule has 0 spiro atoms. The van der Waals surface area contributed by atoms with Gasteiger partial charge < -0.3 is 5.32 Å². The summed E-state index contributed by atoms with van der Waals surface area (Å²) < 4.78 is 0. The Morgan fingerprint density at radius 1 is 0.840 bits per heavy atom. The number of piperazine rings is 1. The van der Waals surface area contributed by atoms with E-state index in [0.29, 0.717) is 6.04 Å². The van der Waals surface area contributed by atoms with Crippen molar-refractivity contribution < 1.29 is 0 Å². The zero-order valence-corrected chi connectivity index (χ0v) is 15.4. The van der Waals surface area contributed by atoms with Gasteiger partial charge in [0.1, 0.15) is 0 Å².